The van der Waals surface area contributed by atoms with Gasteiger partial charge in [0, 0.05) is 34.7 Å². The molecule has 2 nitrogen and oxygen atoms in total. The summed E-state index contributed by atoms with van der Waals surface area (Å²) in [6, 6.07) is 7.13. The summed E-state index contributed by atoms with van der Waals surface area (Å²) in [6.45, 7) is 4.74. The van der Waals surface area contributed by atoms with Gasteiger partial charge in [0.15, 0.2) is 5.78 Å². The molecule has 1 saturated heterocycles. The fraction of sp³-hybridized carbons (Fsp3) is 0.462. The van der Waals surface area contributed by atoms with Crippen LogP contribution < -0.4 is 0 Å². The molecular weight excluding hydrogens is 254 g/mol. The molecule has 0 aromatic heterocycles. The maximum atomic E-state index is 12.0. The maximum absolute atomic E-state index is 12.0. The summed E-state index contributed by atoms with van der Waals surface area (Å²) >= 11 is 7.78. The van der Waals surface area contributed by atoms with E-state index in [1.54, 1.807) is 24.3 Å². The molecule has 0 radical (unpaired) electrons. The van der Waals surface area contributed by atoms with E-state index < -0.39 is 0 Å². The fourth-order valence-electron chi connectivity index (χ4n) is 1.96. The fourth-order valence-corrected chi connectivity index (χ4v) is 3.17. The Morgan fingerprint density at radius 3 is 2.82 bits per heavy atom. The van der Waals surface area contributed by atoms with Crippen LogP contribution >= 0.6 is 23.4 Å². The van der Waals surface area contributed by atoms with E-state index in [-0.39, 0.29) is 5.78 Å². The Bertz CT molecular complexity index is 393. The van der Waals surface area contributed by atoms with E-state index >= 15 is 0 Å². The average Bonchev–Trinajstić information content (AvgIpc) is 2.29. The minimum absolute atomic E-state index is 0.181. The van der Waals surface area contributed by atoms with E-state index in [0.717, 1.165) is 24.4 Å². The second-order valence-corrected chi connectivity index (χ2v) is 6.33. The van der Waals surface area contributed by atoms with Gasteiger partial charge in [0.25, 0.3) is 0 Å². The number of rotatable bonds is 3. The van der Waals surface area contributed by atoms with Crippen molar-refractivity contribution in [1.29, 1.82) is 0 Å². The van der Waals surface area contributed by atoms with E-state index in [0.29, 0.717) is 16.8 Å². The molecule has 2 rings (SSSR count). The number of carbonyl (C=O) groups is 1. The Labute approximate surface area is 111 Å². The zero-order chi connectivity index (χ0) is 12.3. The molecule has 1 heterocycles. The van der Waals surface area contributed by atoms with Crippen LogP contribution in [0.1, 0.15) is 17.3 Å². The van der Waals surface area contributed by atoms with Crippen LogP contribution in [-0.2, 0) is 0 Å². The van der Waals surface area contributed by atoms with Gasteiger partial charge >= 0.3 is 0 Å². The van der Waals surface area contributed by atoms with Gasteiger partial charge in [-0.05, 0) is 24.3 Å². The topological polar surface area (TPSA) is 20.3 Å². The molecule has 1 unspecified atom stereocenters. The van der Waals surface area contributed by atoms with Crippen LogP contribution in [0.25, 0.3) is 0 Å². The van der Waals surface area contributed by atoms with Crippen molar-refractivity contribution in [2.24, 2.45) is 0 Å². The SMILES string of the molecule is CC1CN(CC(=O)c2ccc(Cl)cc2)CCS1. The molecule has 0 amide bonds. The predicted molar refractivity (Wildman–Crippen MR) is 74.1 cm³/mol. The number of hydrogen-bond acceptors (Lipinski definition) is 3. The summed E-state index contributed by atoms with van der Waals surface area (Å²) in [6.07, 6.45) is 0. The first-order chi connectivity index (χ1) is 8.15. The van der Waals surface area contributed by atoms with Crippen LogP contribution in [0.4, 0.5) is 0 Å². The van der Waals surface area contributed by atoms with Crippen molar-refractivity contribution in [2.45, 2.75) is 12.2 Å². The van der Waals surface area contributed by atoms with Gasteiger partial charge in [0.1, 0.15) is 0 Å². The number of ketones is 1. The molecule has 0 aliphatic carbocycles. The Kier molecular flexibility index (Phi) is 4.48. The molecule has 92 valence electrons. The van der Waals surface area contributed by atoms with Gasteiger partial charge in [-0.1, -0.05) is 18.5 Å². The zero-order valence-corrected chi connectivity index (χ0v) is 11.4. The van der Waals surface area contributed by atoms with Crippen molar-refractivity contribution in [2.75, 3.05) is 25.4 Å². The lowest BCUT2D eigenvalue weighted by Crippen LogP contribution is -2.39. The summed E-state index contributed by atoms with van der Waals surface area (Å²) in [5, 5.41) is 1.30. The monoisotopic (exact) mass is 269 g/mol. The zero-order valence-electron chi connectivity index (χ0n) is 9.86. The van der Waals surface area contributed by atoms with Gasteiger partial charge in [-0.2, -0.15) is 11.8 Å². The maximum Gasteiger partial charge on any atom is 0.176 e. The Balaban J connectivity index is 1.94. The Hall–Kier alpha value is -0.510. The highest BCUT2D eigenvalue weighted by Crippen LogP contribution is 2.18. The molecule has 4 heteroatoms. The summed E-state index contributed by atoms with van der Waals surface area (Å²) in [5.41, 5.74) is 0.750. The number of nitrogens with zero attached hydrogens (tertiary/aromatic N) is 1. The third-order valence-electron chi connectivity index (χ3n) is 2.86. The van der Waals surface area contributed by atoms with Crippen LogP contribution in [0, 0.1) is 0 Å². The molecule has 1 fully saturated rings. The second-order valence-electron chi connectivity index (χ2n) is 4.35. The molecule has 1 aromatic carbocycles. The number of halogens is 1. The highest BCUT2D eigenvalue weighted by atomic mass is 35.5. The van der Waals surface area contributed by atoms with Crippen molar-refractivity contribution >= 4 is 29.1 Å². The number of hydrogen-bond donors (Lipinski definition) is 0. The molecule has 17 heavy (non-hydrogen) atoms. The lowest BCUT2D eigenvalue weighted by Gasteiger charge is -2.29. The molecule has 1 aliphatic rings. The van der Waals surface area contributed by atoms with Crippen LogP contribution in [0.2, 0.25) is 5.02 Å². The van der Waals surface area contributed by atoms with Crippen LogP contribution in [-0.4, -0.2) is 41.3 Å². The molecular formula is C13H16ClNOS. The van der Waals surface area contributed by atoms with Crippen molar-refractivity contribution in [3.05, 3.63) is 34.9 Å². The third-order valence-corrected chi connectivity index (χ3v) is 4.25. The average molecular weight is 270 g/mol. The van der Waals surface area contributed by atoms with Crippen molar-refractivity contribution in [3.8, 4) is 0 Å². The normalized spacial score (nSPS) is 21.4. The second kappa shape index (κ2) is 5.89. The molecule has 1 aliphatic heterocycles. The third kappa shape index (κ3) is 3.73. The summed E-state index contributed by atoms with van der Waals surface area (Å²) in [7, 11) is 0. The number of Topliss-reactive ketones (excluding diaryl/α,β-unsaturated/α-hetero) is 1. The lowest BCUT2D eigenvalue weighted by molar-refractivity contribution is 0.0934. The molecule has 0 bridgehead atoms. The Morgan fingerprint density at radius 2 is 2.18 bits per heavy atom. The van der Waals surface area contributed by atoms with E-state index in [1.807, 2.05) is 11.8 Å². The molecule has 0 N–H and O–H groups in total. The highest BCUT2D eigenvalue weighted by molar-refractivity contribution is 7.99. The van der Waals surface area contributed by atoms with Crippen molar-refractivity contribution < 1.29 is 4.79 Å². The van der Waals surface area contributed by atoms with Gasteiger partial charge in [-0.25, -0.2) is 0 Å². The first-order valence-electron chi connectivity index (χ1n) is 5.78. The molecule has 1 aromatic rings. The standard InChI is InChI=1S/C13H16ClNOS/c1-10-8-15(6-7-17-10)9-13(16)11-2-4-12(14)5-3-11/h2-5,10H,6-9H2,1H3. The van der Waals surface area contributed by atoms with Gasteiger partial charge in [0.2, 0.25) is 0 Å². The van der Waals surface area contributed by atoms with E-state index in [9.17, 15) is 4.79 Å². The number of thioether (sulfide) groups is 1. The summed E-state index contributed by atoms with van der Waals surface area (Å²) in [4.78, 5) is 14.3. The van der Waals surface area contributed by atoms with Gasteiger partial charge in [-0.3, -0.25) is 9.69 Å². The van der Waals surface area contributed by atoms with E-state index in [1.165, 1.54) is 0 Å². The van der Waals surface area contributed by atoms with Crippen molar-refractivity contribution in [1.82, 2.24) is 4.90 Å². The summed E-state index contributed by atoms with van der Waals surface area (Å²) < 4.78 is 0. The first-order valence-corrected chi connectivity index (χ1v) is 7.20. The first kappa shape index (κ1) is 12.9. The molecule has 0 spiro atoms. The predicted octanol–water partition coefficient (Wildman–Crippen LogP) is 2.96. The highest BCUT2D eigenvalue weighted by Gasteiger charge is 2.19. The minimum atomic E-state index is 0.181. The molecule has 0 saturated carbocycles. The largest absolute Gasteiger partial charge is 0.294 e. The van der Waals surface area contributed by atoms with Crippen LogP contribution in [0.15, 0.2) is 24.3 Å². The van der Waals surface area contributed by atoms with Crippen LogP contribution in [0.5, 0.6) is 0 Å². The molecule has 1 atom stereocenters. The van der Waals surface area contributed by atoms with Crippen molar-refractivity contribution in [3.63, 3.8) is 0 Å². The Morgan fingerprint density at radius 1 is 1.47 bits per heavy atom. The smallest absolute Gasteiger partial charge is 0.176 e. The number of benzene rings is 1. The van der Waals surface area contributed by atoms with Crippen LogP contribution in [0.3, 0.4) is 0 Å². The minimum Gasteiger partial charge on any atom is -0.294 e. The van der Waals surface area contributed by atoms with E-state index in [4.69, 9.17) is 11.6 Å². The summed E-state index contributed by atoms with van der Waals surface area (Å²) in [5.74, 6) is 1.30. The quantitative estimate of drug-likeness (QED) is 0.787. The van der Waals surface area contributed by atoms with Gasteiger partial charge < -0.3 is 0 Å². The van der Waals surface area contributed by atoms with E-state index in [2.05, 4.69) is 11.8 Å². The van der Waals surface area contributed by atoms with Gasteiger partial charge in [-0.15, -0.1) is 0 Å². The van der Waals surface area contributed by atoms with Gasteiger partial charge in [0.05, 0.1) is 6.54 Å². The lowest BCUT2D eigenvalue weighted by atomic mass is 10.1. The number of carbonyl (C=O) groups excluding carboxylic acids is 1.